The summed E-state index contributed by atoms with van der Waals surface area (Å²) in [6, 6.07) is 0. The summed E-state index contributed by atoms with van der Waals surface area (Å²) in [6.45, 7) is 5.26. The molecule has 0 unspecified atom stereocenters. The standard InChI is InChI=1S/C15H21N3S/c1-3-5-9-12-17-14(16-4-2)13-10-7-6-8-11(10)19-15(13)18-12/h3-9H2,1-2H3,(H,16,17,18). The van der Waals surface area contributed by atoms with Crippen molar-refractivity contribution in [1.82, 2.24) is 9.97 Å². The summed E-state index contributed by atoms with van der Waals surface area (Å²) in [5.41, 5.74) is 1.51. The number of rotatable bonds is 5. The molecule has 0 amide bonds. The van der Waals surface area contributed by atoms with Crippen molar-refractivity contribution in [2.24, 2.45) is 0 Å². The van der Waals surface area contributed by atoms with Gasteiger partial charge in [0.25, 0.3) is 0 Å². The van der Waals surface area contributed by atoms with Gasteiger partial charge in [-0.1, -0.05) is 13.3 Å². The molecule has 1 aliphatic rings. The van der Waals surface area contributed by atoms with Gasteiger partial charge >= 0.3 is 0 Å². The predicted molar refractivity (Wildman–Crippen MR) is 82.2 cm³/mol. The Morgan fingerprint density at radius 3 is 2.89 bits per heavy atom. The highest BCUT2D eigenvalue weighted by atomic mass is 32.1. The Kier molecular flexibility index (Phi) is 3.69. The average molecular weight is 275 g/mol. The molecule has 3 nitrogen and oxygen atoms in total. The Morgan fingerprint density at radius 1 is 1.21 bits per heavy atom. The molecular weight excluding hydrogens is 254 g/mol. The number of thiophene rings is 1. The monoisotopic (exact) mass is 275 g/mol. The molecule has 19 heavy (non-hydrogen) atoms. The third kappa shape index (κ3) is 2.34. The lowest BCUT2D eigenvalue weighted by atomic mass is 10.2. The van der Waals surface area contributed by atoms with Gasteiger partial charge in [0.05, 0.1) is 5.39 Å². The number of aromatic nitrogens is 2. The Morgan fingerprint density at radius 2 is 2.11 bits per heavy atom. The fourth-order valence-corrected chi connectivity index (χ4v) is 4.06. The number of nitrogens with zero attached hydrogens (tertiary/aromatic N) is 2. The molecule has 0 aliphatic heterocycles. The van der Waals surface area contributed by atoms with Crippen molar-refractivity contribution in [3.63, 3.8) is 0 Å². The van der Waals surface area contributed by atoms with Crippen LogP contribution in [-0.2, 0) is 19.3 Å². The largest absolute Gasteiger partial charge is 0.370 e. The van der Waals surface area contributed by atoms with Crippen LogP contribution in [0.5, 0.6) is 0 Å². The van der Waals surface area contributed by atoms with Crippen LogP contribution in [0, 0.1) is 0 Å². The van der Waals surface area contributed by atoms with Crippen LogP contribution in [-0.4, -0.2) is 16.5 Å². The van der Waals surface area contributed by atoms with E-state index in [0.717, 1.165) is 24.6 Å². The number of fused-ring (bicyclic) bond motifs is 3. The van der Waals surface area contributed by atoms with E-state index in [9.17, 15) is 0 Å². The fraction of sp³-hybridized carbons (Fsp3) is 0.600. The van der Waals surface area contributed by atoms with E-state index in [1.54, 1.807) is 0 Å². The molecule has 2 aromatic heterocycles. The van der Waals surface area contributed by atoms with Gasteiger partial charge in [-0.05, 0) is 38.2 Å². The van der Waals surface area contributed by atoms with Crippen molar-refractivity contribution in [3.8, 4) is 0 Å². The second kappa shape index (κ2) is 5.45. The smallest absolute Gasteiger partial charge is 0.138 e. The lowest BCUT2D eigenvalue weighted by Gasteiger charge is -2.08. The molecule has 2 heterocycles. The first kappa shape index (κ1) is 12.9. The molecule has 0 aromatic carbocycles. The second-order valence-corrected chi connectivity index (χ2v) is 6.24. The molecule has 0 spiro atoms. The Hall–Kier alpha value is -1.16. The second-order valence-electron chi connectivity index (χ2n) is 5.16. The van der Waals surface area contributed by atoms with Crippen LogP contribution in [0.4, 0.5) is 5.82 Å². The SMILES string of the molecule is CCCCc1nc(NCC)c2c3c(sc2n1)CCC3. The number of hydrogen-bond donors (Lipinski definition) is 1. The lowest BCUT2D eigenvalue weighted by Crippen LogP contribution is -2.04. The van der Waals surface area contributed by atoms with Crippen molar-refractivity contribution in [3.05, 3.63) is 16.3 Å². The fourth-order valence-electron chi connectivity index (χ4n) is 2.78. The first-order chi connectivity index (χ1) is 9.33. The van der Waals surface area contributed by atoms with Crippen LogP contribution < -0.4 is 5.32 Å². The zero-order valence-corrected chi connectivity index (χ0v) is 12.6. The van der Waals surface area contributed by atoms with Crippen LogP contribution in [0.1, 0.15) is 49.4 Å². The zero-order valence-electron chi connectivity index (χ0n) is 11.8. The number of nitrogens with one attached hydrogen (secondary N) is 1. The minimum Gasteiger partial charge on any atom is -0.370 e. The van der Waals surface area contributed by atoms with Crippen molar-refractivity contribution in [2.75, 3.05) is 11.9 Å². The van der Waals surface area contributed by atoms with Gasteiger partial charge in [-0.3, -0.25) is 0 Å². The van der Waals surface area contributed by atoms with Crippen LogP contribution in [0.15, 0.2) is 0 Å². The molecular formula is C15H21N3S. The maximum Gasteiger partial charge on any atom is 0.138 e. The van der Waals surface area contributed by atoms with Gasteiger partial charge in [-0.2, -0.15) is 0 Å². The van der Waals surface area contributed by atoms with Crippen LogP contribution in [0.3, 0.4) is 0 Å². The van der Waals surface area contributed by atoms with E-state index in [1.165, 1.54) is 52.8 Å². The van der Waals surface area contributed by atoms with E-state index in [-0.39, 0.29) is 0 Å². The van der Waals surface area contributed by atoms with E-state index >= 15 is 0 Å². The molecule has 1 aliphatic carbocycles. The van der Waals surface area contributed by atoms with Gasteiger partial charge in [0.15, 0.2) is 0 Å². The number of aryl methyl sites for hydroxylation is 3. The molecule has 0 radical (unpaired) electrons. The number of unbranched alkanes of at least 4 members (excludes halogenated alkanes) is 1. The molecule has 0 bridgehead atoms. The van der Waals surface area contributed by atoms with Gasteiger partial charge in [0.1, 0.15) is 16.5 Å². The number of hydrogen-bond acceptors (Lipinski definition) is 4. The van der Waals surface area contributed by atoms with Crippen LogP contribution in [0.2, 0.25) is 0 Å². The van der Waals surface area contributed by atoms with E-state index in [0.29, 0.717) is 0 Å². The zero-order chi connectivity index (χ0) is 13.2. The molecule has 0 fully saturated rings. The van der Waals surface area contributed by atoms with E-state index < -0.39 is 0 Å². The van der Waals surface area contributed by atoms with Crippen molar-refractivity contribution < 1.29 is 0 Å². The van der Waals surface area contributed by atoms with E-state index in [4.69, 9.17) is 9.97 Å². The maximum atomic E-state index is 4.79. The molecule has 2 aromatic rings. The van der Waals surface area contributed by atoms with Gasteiger partial charge in [0, 0.05) is 17.8 Å². The Bertz CT molecular complexity index is 589. The molecule has 4 heteroatoms. The number of anilines is 1. The van der Waals surface area contributed by atoms with Gasteiger partial charge in [-0.25, -0.2) is 9.97 Å². The van der Waals surface area contributed by atoms with Crippen LogP contribution >= 0.6 is 11.3 Å². The van der Waals surface area contributed by atoms with Crippen LogP contribution in [0.25, 0.3) is 10.2 Å². The molecule has 0 saturated heterocycles. The van der Waals surface area contributed by atoms with Gasteiger partial charge in [-0.15, -0.1) is 11.3 Å². The third-order valence-electron chi connectivity index (χ3n) is 3.71. The highest BCUT2D eigenvalue weighted by Gasteiger charge is 2.21. The normalized spacial score (nSPS) is 14.0. The van der Waals surface area contributed by atoms with E-state index in [2.05, 4.69) is 19.2 Å². The summed E-state index contributed by atoms with van der Waals surface area (Å²) in [5.74, 6) is 2.07. The quantitative estimate of drug-likeness (QED) is 0.897. The summed E-state index contributed by atoms with van der Waals surface area (Å²) >= 11 is 1.88. The van der Waals surface area contributed by atoms with Gasteiger partial charge in [0.2, 0.25) is 0 Å². The first-order valence-corrected chi connectivity index (χ1v) is 8.20. The van der Waals surface area contributed by atoms with Gasteiger partial charge < -0.3 is 5.32 Å². The highest BCUT2D eigenvalue weighted by Crippen LogP contribution is 2.39. The van der Waals surface area contributed by atoms with Crippen molar-refractivity contribution in [2.45, 2.75) is 52.4 Å². The first-order valence-electron chi connectivity index (χ1n) is 7.38. The lowest BCUT2D eigenvalue weighted by molar-refractivity contribution is 0.757. The van der Waals surface area contributed by atoms with Crippen molar-refractivity contribution >= 4 is 27.4 Å². The summed E-state index contributed by atoms with van der Waals surface area (Å²) in [5, 5.41) is 4.74. The molecule has 3 rings (SSSR count). The summed E-state index contributed by atoms with van der Waals surface area (Å²) in [6.07, 6.45) is 7.08. The molecule has 1 N–H and O–H groups in total. The topological polar surface area (TPSA) is 37.8 Å². The summed E-state index contributed by atoms with van der Waals surface area (Å²) < 4.78 is 0. The Labute approximate surface area is 118 Å². The minimum absolute atomic E-state index is 0.921. The average Bonchev–Trinajstić information content (AvgIpc) is 2.96. The summed E-state index contributed by atoms with van der Waals surface area (Å²) in [7, 11) is 0. The van der Waals surface area contributed by atoms with E-state index in [1.807, 2.05) is 11.3 Å². The predicted octanol–water partition coefficient (Wildman–Crippen LogP) is 3.95. The summed E-state index contributed by atoms with van der Waals surface area (Å²) in [4.78, 5) is 12.3. The molecule has 0 saturated carbocycles. The minimum atomic E-state index is 0.921. The maximum absolute atomic E-state index is 4.79. The molecule has 102 valence electrons. The third-order valence-corrected chi connectivity index (χ3v) is 4.89. The van der Waals surface area contributed by atoms with Crippen molar-refractivity contribution in [1.29, 1.82) is 0 Å². The highest BCUT2D eigenvalue weighted by molar-refractivity contribution is 7.19. The molecule has 0 atom stereocenters. The Balaban J connectivity index is 2.09.